The Bertz CT molecular complexity index is 847. The number of hydrogen-bond acceptors (Lipinski definition) is 3. The van der Waals surface area contributed by atoms with Gasteiger partial charge in [0, 0.05) is 29.7 Å². The van der Waals surface area contributed by atoms with Gasteiger partial charge in [-0.2, -0.15) is 0 Å². The third-order valence-electron chi connectivity index (χ3n) is 7.18. The third kappa shape index (κ3) is 2.32. The Morgan fingerprint density at radius 3 is 3.00 bits per heavy atom. The van der Waals surface area contributed by atoms with Crippen molar-refractivity contribution < 1.29 is 14.8 Å². The van der Waals surface area contributed by atoms with Crippen molar-refractivity contribution in [3.63, 3.8) is 0 Å². The summed E-state index contributed by atoms with van der Waals surface area (Å²) in [6.07, 6.45) is 3.18. The van der Waals surface area contributed by atoms with Gasteiger partial charge >= 0.3 is 0 Å². The van der Waals surface area contributed by atoms with E-state index >= 15 is 0 Å². The molecule has 5 rings (SSSR count). The molecule has 1 saturated carbocycles. The number of benzene rings is 1. The lowest BCUT2D eigenvalue weighted by atomic mass is 9.64. The van der Waals surface area contributed by atoms with E-state index in [0.717, 1.165) is 32.4 Å². The number of nitrogens with two attached hydrogens (primary N) is 1. The Morgan fingerprint density at radius 1 is 1.31 bits per heavy atom. The number of amides is 1. The summed E-state index contributed by atoms with van der Waals surface area (Å²) in [5, 5.41) is 11.8. The molecule has 3 aliphatic rings. The van der Waals surface area contributed by atoms with E-state index in [-0.39, 0.29) is 17.7 Å². The van der Waals surface area contributed by atoms with E-state index in [2.05, 4.69) is 34.7 Å². The van der Waals surface area contributed by atoms with E-state index in [4.69, 9.17) is 5.84 Å². The first-order valence-electron chi connectivity index (χ1n) is 9.80. The van der Waals surface area contributed by atoms with Gasteiger partial charge in [0.15, 0.2) is 0 Å². The van der Waals surface area contributed by atoms with Crippen LogP contribution in [0.4, 0.5) is 0 Å². The number of aliphatic hydroxyl groups is 1. The van der Waals surface area contributed by atoms with Crippen molar-refractivity contribution in [2.75, 3.05) is 13.1 Å². The summed E-state index contributed by atoms with van der Waals surface area (Å²) >= 11 is 0. The predicted molar refractivity (Wildman–Crippen MR) is 98.1 cm³/mol. The molecule has 0 bridgehead atoms. The van der Waals surface area contributed by atoms with E-state index < -0.39 is 6.10 Å². The fourth-order valence-corrected chi connectivity index (χ4v) is 6.00. The zero-order valence-corrected chi connectivity index (χ0v) is 14.9. The van der Waals surface area contributed by atoms with Gasteiger partial charge in [-0.15, -0.1) is 0 Å². The van der Waals surface area contributed by atoms with Gasteiger partial charge in [-0.1, -0.05) is 18.2 Å². The van der Waals surface area contributed by atoms with Gasteiger partial charge in [-0.25, -0.2) is 5.84 Å². The number of hydrogen-bond donors (Lipinski definition) is 5. The van der Waals surface area contributed by atoms with Crippen molar-refractivity contribution in [1.82, 2.24) is 10.4 Å². The molecule has 26 heavy (non-hydrogen) atoms. The highest BCUT2D eigenvalue weighted by Gasteiger charge is 2.51. The zero-order chi connectivity index (χ0) is 17.8. The number of para-hydroxylation sites is 1. The van der Waals surface area contributed by atoms with Gasteiger partial charge in [-0.05, 0) is 30.4 Å². The highest BCUT2D eigenvalue weighted by molar-refractivity contribution is 5.85. The molecular weight excluding hydrogens is 328 g/mol. The Balaban J connectivity index is 1.52. The summed E-state index contributed by atoms with van der Waals surface area (Å²) in [6.45, 7) is 2.24. The molecule has 0 spiro atoms. The number of piperidine rings is 1. The van der Waals surface area contributed by atoms with E-state index in [1.807, 2.05) is 0 Å². The third-order valence-corrected chi connectivity index (χ3v) is 7.18. The largest absolute Gasteiger partial charge is 0.392 e. The van der Waals surface area contributed by atoms with Crippen molar-refractivity contribution in [2.45, 2.75) is 37.8 Å². The van der Waals surface area contributed by atoms with Crippen LogP contribution >= 0.6 is 0 Å². The van der Waals surface area contributed by atoms with E-state index in [9.17, 15) is 9.90 Å². The van der Waals surface area contributed by atoms with Crippen LogP contribution in [0.2, 0.25) is 0 Å². The number of rotatable bonds is 1. The number of nitrogens with one attached hydrogen (secondary N) is 3. The summed E-state index contributed by atoms with van der Waals surface area (Å²) in [7, 11) is 0. The molecule has 6 nitrogen and oxygen atoms in total. The molecule has 1 aliphatic carbocycles. The Morgan fingerprint density at radius 2 is 2.15 bits per heavy atom. The van der Waals surface area contributed by atoms with E-state index in [1.165, 1.54) is 22.2 Å². The summed E-state index contributed by atoms with van der Waals surface area (Å²) in [5.41, 5.74) is 6.30. The number of aromatic amines is 1. The summed E-state index contributed by atoms with van der Waals surface area (Å²) < 4.78 is 0. The number of carbonyl (C=O) groups is 1. The summed E-state index contributed by atoms with van der Waals surface area (Å²) in [6, 6.07) is 8.91. The number of carbonyl (C=O) groups excluding carboxylic acids is 1. The van der Waals surface area contributed by atoms with Crippen molar-refractivity contribution in [2.24, 2.45) is 23.6 Å². The Kier molecular flexibility index (Phi) is 3.81. The normalized spacial score (nSPS) is 36.1. The molecular formula is C20H27N4O2+. The SMILES string of the molecule is NNC(=O)[C@@H]1[C@@H]2C[C@@H]3c4[nH]c5ccccc5c4CC[NH+]3C[C@@H]2CC[C@@H]1O. The number of hydrazine groups is 1. The minimum atomic E-state index is -0.577. The standard InChI is InChI=1S/C20H26N4O2/c21-23-20(26)18-14-9-16-19-13(12-3-1-2-4-15(12)22-19)7-8-24(16)10-11(14)5-6-17(18)25/h1-4,11,14,16-18,22,25H,5-10,21H2,(H,23,26)/p+1/t11-,14+,16+,17-,18+/m0/s1. The topological polar surface area (TPSA) is 95.6 Å². The molecule has 6 N–H and O–H groups in total. The maximum atomic E-state index is 12.4. The van der Waals surface area contributed by atoms with Crippen molar-refractivity contribution in [3.8, 4) is 0 Å². The highest BCUT2D eigenvalue weighted by atomic mass is 16.3. The number of aromatic nitrogens is 1. The summed E-state index contributed by atoms with van der Waals surface area (Å²) in [5.74, 6) is 5.54. The van der Waals surface area contributed by atoms with Crippen LogP contribution < -0.4 is 16.2 Å². The highest BCUT2D eigenvalue weighted by Crippen LogP contribution is 2.43. The molecule has 3 heterocycles. The monoisotopic (exact) mass is 355 g/mol. The Hall–Kier alpha value is -1.89. The second-order valence-corrected chi connectivity index (χ2v) is 8.32. The number of H-pyrrole nitrogens is 1. The Labute approximate surface area is 152 Å². The molecule has 1 saturated heterocycles. The van der Waals surface area contributed by atoms with E-state index in [0.29, 0.717) is 18.4 Å². The fourth-order valence-electron chi connectivity index (χ4n) is 6.00. The maximum absolute atomic E-state index is 12.4. The van der Waals surface area contributed by atoms with Crippen LogP contribution in [0.3, 0.4) is 0 Å². The first kappa shape index (κ1) is 16.3. The molecule has 1 amide bonds. The van der Waals surface area contributed by atoms with Crippen molar-refractivity contribution >= 4 is 16.8 Å². The van der Waals surface area contributed by atoms with Gasteiger partial charge in [0.25, 0.3) is 0 Å². The smallest absolute Gasteiger partial charge is 0.239 e. The van der Waals surface area contributed by atoms with E-state index in [1.54, 1.807) is 4.90 Å². The van der Waals surface area contributed by atoms with Crippen LogP contribution in [0.1, 0.15) is 36.6 Å². The summed E-state index contributed by atoms with van der Waals surface area (Å²) in [4.78, 5) is 17.7. The number of fused-ring (bicyclic) bond motifs is 6. The number of quaternary nitrogens is 1. The second-order valence-electron chi connectivity index (χ2n) is 8.32. The van der Waals surface area contributed by atoms with Crippen LogP contribution in [0.25, 0.3) is 10.9 Å². The molecule has 0 radical (unpaired) electrons. The van der Waals surface area contributed by atoms with Gasteiger partial charge < -0.3 is 15.0 Å². The van der Waals surface area contributed by atoms with Crippen LogP contribution in [0.5, 0.6) is 0 Å². The van der Waals surface area contributed by atoms with Crippen LogP contribution in [-0.2, 0) is 11.2 Å². The molecule has 6 atom stereocenters. The van der Waals surface area contributed by atoms with Gasteiger partial charge in [-0.3, -0.25) is 10.2 Å². The quantitative estimate of drug-likeness (QED) is 0.284. The minimum absolute atomic E-state index is 0.202. The van der Waals surface area contributed by atoms with Gasteiger partial charge in [0.2, 0.25) is 5.91 Å². The van der Waals surface area contributed by atoms with Crippen molar-refractivity contribution in [1.29, 1.82) is 0 Å². The molecule has 138 valence electrons. The average Bonchev–Trinajstić information content (AvgIpc) is 3.05. The minimum Gasteiger partial charge on any atom is -0.392 e. The molecule has 1 aromatic heterocycles. The number of aliphatic hydroxyl groups excluding tert-OH is 1. The lowest BCUT2D eigenvalue weighted by molar-refractivity contribution is -0.945. The van der Waals surface area contributed by atoms with Crippen LogP contribution in [0.15, 0.2) is 24.3 Å². The first-order valence-corrected chi connectivity index (χ1v) is 9.80. The lowest BCUT2D eigenvalue weighted by Gasteiger charge is -2.48. The van der Waals surface area contributed by atoms with Gasteiger partial charge in [0.05, 0.1) is 30.8 Å². The fraction of sp³-hybridized carbons (Fsp3) is 0.550. The lowest BCUT2D eigenvalue weighted by Crippen LogP contribution is -3.15. The molecule has 2 aromatic rings. The molecule has 2 aliphatic heterocycles. The van der Waals surface area contributed by atoms with Gasteiger partial charge in [0.1, 0.15) is 6.04 Å². The van der Waals surface area contributed by atoms with Crippen LogP contribution in [-0.4, -0.2) is 35.2 Å². The first-order chi connectivity index (χ1) is 12.7. The molecule has 6 heteroatoms. The molecule has 2 fully saturated rings. The molecule has 1 aromatic carbocycles. The second kappa shape index (κ2) is 6.08. The zero-order valence-electron chi connectivity index (χ0n) is 14.9. The average molecular weight is 355 g/mol. The predicted octanol–water partition coefficient (Wildman–Crippen LogP) is 0.0469. The molecule has 1 unspecified atom stereocenters. The van der Waals surface area contributed by atoms with Crippen molar-refractivity contribution in [3.05, 3.63) is 35.5 Å². The maximum Gasteiger partial charge on any atom is 0.239 e. The van der Waals surface area contributed by atoms with Crippen LogP contribution in [0, 0.1) is 17.8 Å².